The first-order valence-electron chi connectivity index (χ1n) is 6.81. The number of hydrogen-bond donors (Lipinski definition) is 2. The fourth-order valence-electron chi connectivity index (χ4n) is 2.45. The minimum atomic E-state index is -0.209. The van der Waals surface area contributed by atoms with Crippen LogP contribution in [0.5, 0.6) is 0 Å². The van der Waals surface area contributed by atoms with Gasteiger partial charge in [0.25, 0.3) is 0 Å². The molecule has 4 heteroatoms. The summed E-state index contributed by atoms with van der Waals surface area (Å²) < 4.78 is 14.3. The highest BCUT2D eigenvalue weighted by Gasteiger charge is 2.16. The molecule has 1 atom stereocenters. The van der Waals surface area contributed by atoms with Crippen LogP contribution in [0.1, 0.15) is 27.6 Å². The van der Waals surface area contributed by atoms with E-state index in [-0.39, 0.29) is 11.9 Å². The van der Waals surface area contributed by atoms with Crippen molar-refractivity contribution in [1.82, 2.24) is 5.43 Å². The smallest absolute Gasteiger partial charge is 0.124 e. The van der Waals surface area contributed by atoms with Crippen molar-refractivity contribution in [1.29, 1.82) is 0 Å². The van der Waals surface area contributed by atoms with Gasteiger partial charge < -0.3 is 0 Å². The Morgan fingerprint density at radius 2 is 1.86 bits per heavy atom. The number of halogens is 1. The molecule has 108 valence electrons. The molecule has 1 unspecified atom stereocenters. The van der Waals surface area contributed by atoms with E-state index in [0.717, 1.165) is 20.5 Å². The highest BCUT2D eigenvalue weighted by atomic mass is 32.1. The van der Waals surface area contributed by atoms with Gasteiger partial charge in [0, 0.05) is 9.58 Å². The molecule has 0 amide bonds. The normalized spacial score (nSPS) is 12.8. The van der Waals surface area contributed by atoms with Crippen LogP contribution >= 0.6 is 11.3 Å². The van der Waals surface area contributed by atoms with Gasteiger partial charge in [-0.05, 0) is 54.1 Å². The Labute approximate surface area is 127 Å². The zero-order valence-corrected chi connectivity index (χ0v) is 12.8. The lowest BCUT2D eigenvalue weighted by Crippen LogP contribution is -2.28. The van der Waals surface area contributed by atoms with Crippen LogP contribution in [0.25, 0.3) is 10.1 Å². The quantitative estimate of drug-likeness (QED) is 0.561. The molecular formula is C17H17FN2S. The van der Waals surface area contributed by atoms with Gasteiger partial charge >= 0.3 is 0 Å². The van der Waals surface area contributed by atoms with E-state index >= 15 is 0 Å². The predicted octanol–water partition coefficient (Wildman–Crippen LogP) is 4.21. The minimum Gasteiger partial charge on any atom is -0.271 e. The summed E-state index contributed by atoms with van der Waals surface area (Å²) in [5.41, 5.74) is 6.49. The van der Waals surface area contributed by atoms with Crippen LogP contribution < -0.4 is 11.3 Å². The third-order valence-corrected chi connectivity index (χ3v) is 4.98. The number of hydrazine groups is 1. The number of rotatable bonds is 3. The summed E-state index contributed by atoms with van der Waals surface area (Å²) in [5.74, 6) is 5.55. The van der Waals surface area contributed by atoms with Gasteiger partial charge in [-0.25, -0.2) is 9.82 Å². The van der Waals surface area contributed by atoms with Crippen molar-refractivity contribution in [2.45, 2.75) is 19.9 Å². The molecule has 0 saturated carbocycles. The molecule has 21 heavy (non-hydrogen) atoms. The Morgan fingerprint density at radius 3 is 2.57 bits per heavy atom. The SMILES string of the molecule is Cc1ccc(C(NN)c2cc3ccc(F)cc3s2)cc1C. The van der Waals surface area contributed by atoms with E-state index < -0.39 is 0 Å². The number of aryl methyl sites for hydroxylation is 2. The molecule has 0 fully saturated rings. The molecule has 0 aliphatic carbocycles. The lowest BCUT2D eigenvalue weighted by atomic mass is 10.0. The van der Waals surface area contributed by atoms with Gasteiger partial charge in [-0.1, -0.05) is 24.3 Å². The largest absolute Gasteiger partial charge is 0.271 e. The molecule has 2 aromatic carbocycles. The Morgan fingerprint density at radius 1 is 1.05 bits per heavy atom. The molecular weight excluding hydrogens is 283 g/mol. The maximum absolute atomic E-state index is 13.3. The Kier molecular flexibility index (Phi) is 3.76. The first kappa shape index (κ1) is 14.2. The minimum absolute atomic E-state index is 0.0789. The van der Waals surface area contributed by atoms with Crippen molar-refractivity contribution in [3.8, 4) is 0 Å². The number of nitrogens with two attached hydrogens (primary N) is 1. The molecule has 0 aliphatic rings. The van der Waals surface area contributed by atoms with E-state index in [1.807, 2.05) is 0 Å². The Hall–Kier alpha value is -1.75. The van der Waals surface area contributed by atoms with E-state index in [0.29, 0.717) is 0 Å². The van der Waals surface area contributed by atoms with E-state index in [2.05, 4.69) is 43.5 Å². The van der Waals surface area contributed by atoms with Crippen LogP contribution in [-0.4, -0.2) is 0 Å². The standard InChI is InChI=1S/C17H17FN2S/c1-10-3-4-13(7-11(10)2)17(20-19)16-8-12-5-6-14(18)9-15(12)21-16/h3-9,17,20H,19H2,1-2H3. The van der Waals surface area contributed by atoms with Crippen molar-refractivity contribution in [3.05, 3.63) is 69.8 Å². The molecule has 0 bridgehead atoms. The molecule has 1 aromatic heterocycles. The lowest BCUT2D eigenvalue weighted by Gasteiger charge is -2.16. The van der Waals surface area contributed by atoms with Crippen LogP contribution in [0.4, 0.5) is 4.39 Å². The highest BCUT2D eigenvalue weighted by molar-refractivity contribution is 7.19. The first-order chi connectivity index (χ1) is 10.1. The zero-order chi connectivity index (χ0) is 15.0. The number of thiophene rings is 1. The van der Waals surface area contributed by atoms with E-state index in [1.54, 1.807) is 23.5 Å². The van der Waals surface area contributed by atoms with Gasteiger partial charge in [-0.15, -0.1) is 11.3 Å². The summed E-state index contributed by atoms with van der Waals surface area (Å²) in [4.78, 5) is 1.08. The molecule has 0 saturated heterocycles. The highest BCUT2D eigenvalue weighted by Crippen LogP contribution is 2.33. The van der Waals surface area contributed by atoms with Crippen LogP contribution in [0.2, 0.25) is 0 Å². The van der Waals surface area contributed by atoms with Crippen molar-refractivity contribution in [3.63, 3.8) is 0 Å². The second-order valence-corrected chi connectivity index (χ2v) is 6.39. The van der Waals surface area contributed by atoms with E-state index in [9.17, 15) is 4.39 Å². The summed E-state index contributed by atoms with van der Waals surface area (Å²) in [6.07, 6.45) is 0. The van der Waals surface area contributed by atoms with Crippen LogP contribution in [-0.2, 0) is 0 Å². The molecule has 0 aliphatic heterocycles. The van der Waals surface area contributed by atoms with Gasteiger partial charge in [0.1, 0.15) is 5.82 Å². The van der Waals surface area contributed by atoms with Gasteiger partial charge in [-0.2, -0.15) is 0 Å². The van der Waals surface area contributed by atoms with E-state index in [4.69, 9.17) is 5.84 Å². The van der Waals surface area contributed by atoms with Gasteiger partial charge in [0.15, 0.2) is 0 Å². The predicted molar refractivity (Wildman–Crippen MR) is 86.9 cm³/mol. The summed E-state index contributed by atoms with van der Waals surface area (Å²) in [5, 5.41) is 1.04. The summed E-state index contributed by atoms with van der Waals surface area (Å²) in [7, 11) is 0. The fraction of sp³-hybridized carbons (Fsp3) is 0.176. The van der Waals surface area contributed by atoms with Crippen LogP contribution in [0, 0.1) is 19.7 Å². The average molecular weight is 300 g/mol. The van der Waals surface area contributed by atoms with Crippen LogP contribution in [0.15, 0.2) is 42.5 Å². The maximum atomic E-state index is 13.3. The molecule has 3 aromatic rings. The summed E-state index contributed by atoms with van der Waals surface area (Å²) in [6.45, 7) is 4.18. The maximum Gasteiger partial charge on any atom is 0.124 e. The summed E-state index contributed by atoms with van der Waals surface area (Å²) >= 11 is 1.57. The monoisotopic (exact) mass is 300 g/mol. The number of fused-ring (bicyclic) bond motifs is 1. The first-order valence-corrected chi connectivity index (χ1v) is 7.62. The zero-order valence-electron chi connectivity index (χ0n) is 12.0. The van der Waals surface area contributed by atoms with Crippen molar-refractivity contribution in [2.75, 3.05) is 0 Å². The summed E-state index contributed by atoms with van der Waals surface area (Å²) in [6, 6.07) is 13.2. The third-order valence-electron chi connectivity index (χ3n) is 3.82. The van der Waals surface area contributed by atoms with Gasteiger partial charge in [0.2, 0.25) is 0 Å². The van der Waals surface area contributed by atoms with Crippen molar-refractivity contribution >= 4 is 21.4 Å². The third kappa shape index (κ3) is 2.70. The molecule has 2 nitrogen and oxygen atoms in total. The average Bonchev–Trinajstić information content (AvgIpc) is 2.86. The number of nitrogens with one attached hydrogen (secondary N) is 1. The second-order valence-electron chi connectivity index (χ2n) is 5.27. The molecule has 0 spiro atoms. The molecule has 0 radical (unpaired) electrons. The second kappa shape index (κ2) is 5.56. The van der Waals surface area contributed by atoms with E-state index in [1.165, 1.54) is 17.2 Å². The fourth-order valence-corrected chi connectivity index (χ4v) is 3.63. The Bertz CT molecular complexity index is 795. The Balaban J connectivity index is 2.06. The van der Waals surface area contributed by atoms with Crippen molar-refractivity contribution < 1.29 is 4.39 Å². The lowest BCUT2D eigenvalue weighted by molar-refractivity contribution is 0.630. The molecule has 3 N–H and O–H groups in total. The topological polar surface area (TPSA) is 38.0 Å². The molecule has 1 heterocycles. The number of benzene rings is 2. The van der Waals surface area contributed by atoms with Gasteiger partial charge in [0.05, 0.1) is 6.04 Å². The van der Waals surface area contributed by atoms with Crippen molar-refractivity contribution in [2.24, 2.45) is 5.84 Å². The van der Waals surface area contributed by atoms with Crippen LogP contribution in [0.3, 0.4) is 0 Å². The molecule has 3 rings (SSSR count). The number of hydrogen-bond acceptors (Lipinski definition) is 3. The van der Waals surface area contributed by atoms with Gasteiger partial charge in [-0.3, -0.25) is 5.84 Å².